The summed E-state index contributed by atoms with van der Waals surface area (Å²) < 4.78 is 5.10. The number of thiophene rings is 1. The molecule has 0 saturated heterocycles. The van der Waals surface area contributed by atoms with Gasteiger partial charge in [0, 0.05) is 0 Å². The van der Waals surface area contributed by atoms with E-state index in [4.69, 9.17) is 4.74 Å². The summed E-state index contributed by atoms with van der Waals surface area (Å²) >= 11 is 1.24. The van der Waals surface area contributed by atoms with E-state index in [-0.39, 0.29) is 0 Å². The van der Waals surface area contributed by atoms with Crippen LogP contribution >= 0.6 is 11.3 Å². The summed E-state index contributed by atoms with van der Waals surface area (Å²) in [7, 11) is 0. The van der Waals surface area contributed by atoms with Crippen molar-refractivity contribution in [2.45, 2.75) is 18.3 Å². The van der Waals surface area contributed by atoms with E-state index in [9.17, 15) is 14.4 Å². The van der Waals surface area contributed by atoms with Crippen LogP contribution in [-0.2, 0) is 19.7 Å². The quantitative estimate of drug-likeness (QED) is 0.854. The van der Waals surface area contributed by atoms with Crippen LogP contribution in [0.4, 0.5) is 0 Å². The van der Waals surface area contributed by atoms with Gasteiger partial charge in [-0.3, -0.25) is 19.7 Å². The molecule has 0 bridgehead atoms. The second kappa shape index (κ2) is 6.34. The molecule has 1 saturated carbocycles. The van der Waals surface area contributed by atoms with Gasteiger partial charge in [-0.05, 0) is 29.9 Å². The lowest BCUT2D eigenvalue weighted by Gasteiger charge is -2.14. The average molecular weight is 329 g/mol. The average Bonchev–Trinajstić information content (AvgIpc) is 3.20. The smallest absolute Gasteiger partial charge is 0.317 e. The van der Waals surface area contributed by atoms with Crippen LogP contribution in [0.1, 0.15) is 28.1 Å². The van der Waals surface area contributed by atoms with Crippen LogP contribution in [-0.4, -0.2) is 24.4 Å². The van der Waals surface area contributed by atoms with E-state index in [0.29, 0.717) is 17.7 Å². The summed E-state index contributed by atoms with van der Waals surface area (Å²) in [5, 5.41) is 3.95. The fourth-order valence-electron chi connectivity index (χ4n) is 2.39. The Labute approximate surface area is 137 Å². The third kappa shape index (κ3) is 3.32. The minimum Gasteiger partial charge on any atom is -0.455 e. The molecule has 23 heavy (non-hydrogen) atoms. The third-order valence-electron chi connectivity index (χ3n) is 3.80. The van der Waals surface area contributed by atoms with E-state index < -0.39 is 29.8 Å². The first-order valence-corrected chi connectivity index (χ1v) is 8.10. The maximum absolute atomic E-state index is 12.3. The van der Waals surface area contributed by atoms with Crippen molar-refractivity contribution in [3.8, 4) is 0 Å². The first kappa shape index (κ1) is 15.4. The minimum atomic E-state index is -0.626. The Bertz CT molecular complexity index is 720. The number of amides is 2. The van der Waals surface area contributed by atoms with Gasteiger partial charge in [0.05, 0.1) is 10.3 Å². The molecule has 2 amide bonds. The highest BCUT2D eigenvalue weighted by Gasteiger charge is 2.52. The van der Waals surface area contributed by atoms with E-state index in [0.717, 1.165) is 5.56 Å². The standard InChI is InChI=1S/C17H15NO4S/c19-14(18-15(20)13-7-4-10-23-13)11-22-16(21)17(8-9-17)12-5-2-1-3-6-12/h1-7,10H,8-9,11H2,(H,18,19,20). The summed E-state index contributed by atoms with van der Waals surface area (Å²) in [4.78, 5) is 36.2. The summed E-state index contributed by atoms with van der Waals surface area (Å²) in [5.41, 5.74) is 0.277. The van der Waals surface area contributed by atoms with Crippen LogP contribution in [0, 0.1) is 0 Å². The van der Waals surface area contributed by atoms with Crippen LogP contribution in [0.2, 0.25) is 0 Å². The number of hydrogen-bond acceptors (Lipinski definition) is 5. The second-order valence-corrected chi connectivity index (χ2v) is 6.33. The number of rotatable bonds is 5. The zero-order valence-electron chi connectivity index (χ0n) is 12.3. The molecule has 1 aromatic carbocycles. The highest BCUT2D eigenvalue weighted by atomic mass is 32.1. The fourth-order valence-corrected chi connectivity index (χ4v) is 3.01. The van der Waals surface area contributed by atoms with Crippen LogP contribution in [0.15, 0.2) is 47.8 Å². The van der Waals surface area contributed by atoms with E-state index in [1.165, 1.54) is 11.3 Å². The molecule has 0 atom stereocenters. The summed E-state index contributed by atoms with van der Waals surface area (Å²) in [5.74, 6) is -1.52. The molecular formula is C17H15NO4S. The molecule has 0 unspecified atom stereocenters. The zero-order valence-corrected chi connectivity index (χ0v) is 13.1. The number of carbonyl (C=O) groups excluding carboxylic acids is 3. The van der Waals surface area contributed by atoms with Gasteiger partial charge < -0.3 is 4.74 Å². The van der Waals surface area contributed by atoms with Crippen molar-refractivity contribution in [1.29, 1.82) is 0 Å². The van der Waals surface area contributed by atoms with Crippen molar-refractivity contribution >= 4 is 29.1 Å². The van der Waals surface area contributed by atoms with Crippen molar-refractivity contribution in [3.05, 3.63) is 58.3 Å². The highest BCUT2D eigenvalue weighted by molar-refractivity contribution is 7.12. The molecule has 1 aliphatic carbocycles. The predicted molar refractivity (Wildman–Crippen MR) is 85.1 cm³/mol. The lowest BCUT2D eigenvalue weighted by atomic mass is 9.96. The molecule has 3 rings (SSSR count). The van der Waals surface area contributed by atoms with Gasteiger partial charge in [-0.2, -0.15) is 0 Å². The maximum Gasteiger partial charge on any atom is 0.317 e. The third-order valence-corrected chi connectivity index (χ3v) is 4.67. The van der Waals surface area contributed by atoms with Gasteiger partial charge in [0.1, 0.15) is 0 Å². The van der Waals surface area contributed by atoms with Crippen molar-refractivity contribution in [1.82, 2.24) is 5.32 Å². The number of esters is 1. The Morgan fingerprint density at radius 1 is 1.09 bits per heavy atom. The van der Waals surface area contributed by atoms with Gasteiger partial charge in [-0.15, -0.1) is 11.3 Å². The van der Waals surface area contributed by atoms with Gasteiger partial charge in [0.15, 0.2) is 6.61 Å². The minimum absolute atomic E-state index is 0.414. The maximum atomic E-state index is 12.3. The molecule has 1 N–H and O–H groups in total. The van der Waals surface area contributed by atoms with E-state index in [2.05, 4.69) is 5.32 Å². The molecule has 2 aromatic rings. The van der Waals surface area contributed by atoms with Crippen molar-refractivity contribution in [2.24, 2.45) is 0 Å². The van der Waals surface area contributed by atoms with E-state index >= 15 is 0 Å². The first-order chi connectivity index (χ1) is 11.1. The number of ether oxygens (including phenoxy) is 1. The molecule has 0 spiro atoms. The Morgan fingerprint density at radius 2 is 1.83 bits per heavy atom. The molecule has 1 aromatic heterocycles. The van der Waals surface area contributed by atoms with Gasteiger partial charge in [-0.25, -0.2) is 0 Å². The molecule has 5 nitrogen and oxygen atoms in total. The topological polar surface area (TPSA) is 72.5 Å². The molecule has 1 fully saturated rings. The van der Waals surface area contributed by atoms with Gasteiger partial charge in [0.2, 0.25) is 0 Å². The zero-order chi connectivity index (χ0) is 16.3. The predicted octanol–water partition coefficient (Wildman–Crippen LogP) is 2.28. The Morgan fingerprint density at radius 3 is 2.43 bits per heavy atom. The normalized spacial score (nSPS) is 14.8. The molecular weight excluding hydrogens is 314 g/mol. The molecule has 1 heterocycles. The highest BCUT2D eigenvalue weighted by Crippen LogP contribution is 2.49. The van der Waals surface area contributed by atoms with E-state index in [1.807, 2.05) is 30.3 Å². The number of imide groups is 1. The largest absolute Gasteiger partial charge is 0.455 e. The van der Waals surface area contributed by atoms with Crippen LogP contribution in [0.5, 0.6) is 0 Å². The SMILES string of the molecule is O=C(COC(=O)C1(c2ccccc2)CC1)NC(=O)c1cccs1. The second-order valence-electron chi connectivity index (χ2n) is 5.38. The van der Waals surface area contributed by atoms with Crippen LogP contribution in [0.3, 0.4) is 0 Å². The summed E-state index contributed by atoms with van der Waals surface area (Å²) in [6.45, 7) is -0.454. The molecule has 118 valence electrons. The van der Waals surface area contributed by atoms with Gasteiger partial charge in [0.25, 0.3) is 11.8 Å². The first-order valence-electron chi connectivity index (χ1n) is 7.22. The van der Waals surface area contributed by atoms with E-state index in [1.54, 1.807) is 17.5 Å². The van der Waals surface area contributed by atoms with Crippen molar-refractivity contribution in [2.75, 3.05) is 6.61 Å². The number of hydrogen-bond donors (Lipinski definition) is 1. The molecule has 0 aliphatic heterocycles. The summed E-state index contributed by atoms with van der Waals surface area (Å²) in [6, 6.07) is 12.7. The van der Waals surface area contributed by atoms with Gasteiger partial charge >= 0.3 is 5.97 Å². The fraction of sp³-hybridized carbons (Fsp3) is 0.235. The van der Waals surface area contributed by atoms with Gasteiger partial charge in [-0.1, -0.05) is 36.4 Å². The van der Waals surface area contributed by atoms with Crippen molar-refractivity contribution in [3.63, 3.8) is 0 Å². The number of nitrogens with one attached hydrogen (secondary N) is 1. The lowest BCUT2D eigenvalue weighted by molar-refractivity contribution is -0.150. The lowest BCUT2D eigenvalue weighted by Crippen LogP contribution is -2.35. The Balaban J connectivity index is 1.53. The van der Waals surface area contributed by atoms with Crippen LogP contribution < -0.4 is 5.32 Å². The number of benzene rings is 1. The summed E-state index contributed by atoms with van der Waals surface area (Å²) in [6.07, 6.45) is 1.43. The number of carbonyl (C=O) groups is 3. The monoisotopic (exact) mass is 329 g/mol. The molecule has 1 aliphatic rings. The Hall–Kier alpha value is -2.47. The Kier molecular flexibility index (Phi) is 4.25. The molecule has 0 radical (unpaired) electrons. The van der Waals surface area contributed by atoms with Crippen molar-refractivity contribution < 1.29 is 19.1 Å². The molecule has 6 heteroatoms. The van der Waals surface area contributed by atoms with Crippen LogP contribution in [0.25, 0.3) is 0 Å².